The van der Waals surface area contributed by atoms with Gasteiger partial charge in [-0.3, -0.25) is 0 Å². The minimum absolute atomic E-state index is 0. The van der Waals surface area contributed by atoms with Gasteiger partial charge in [0.1, 0.15) is 0 Å². The van der Waals surface area contributed by atoms with Crippen LogP contribution in [0.25, 0.3) is 5.32 Å². The van der Waals surface area contributed by atoms with E-state index in [4.69, 9.17) is 5.32 Å². The SMILES string of the molecule is Cc1ccc([N-]c2ccccc2)c(Cc2ccccc2)c1C.[Na+]. The van der Waals surface area contributed by atoms with E-state index in [0.717, 1.165) is 17.8 Å². The first kappa shape index (κ1) is 17.8. The van der Waals surface area contributed by atoms with Crippen LogP contribution < -0.4 is 29.6 Å². The van der Waals surface area contributed by atoms with E-state index in [2.05, 4.69) is 56.3 Å². The first-order valence-electron chi connectivity index (χ1n) is 7.64. The summed E-state index contributed by atoms with van der Waals surface area (Å²) in [5, 5.41) is 4.84. The molecule has 0 unspecified atom stereocenters. The summed E-state index contributed by atoms with van der Waals surface area (Å²) < 4.78 is 0. The van der Waals surface area contributed by atoms with Gasteiger partial charge in [0.05, 0.1) is 0 Å². The van der Waals surface area contributed by atoms with Crippen molar-refractivity contribution >= 4 is 11.4 Å². The molecule has 0 heterocycles. The Balaban J connectivity index is 0.00000192. The summed E-state index contributed by atoms with van der Waals surface area (Å²) in [7, 11) is 0. The van der Waals surface area contributed by atoms with E-state index >= 15 is 0 Å². The van der Waals surface area contributed by atoms with Gasteiger partial charge >= 0.3 is 29.6 Å². The number of benzene rings is 3. The second-order valence-corrected chi connectivity index (χ2v) is 5.61. The molecule has 3 aromatic rings. The number of para-hydroxylation sites is 1. The van der Waals surface area contributed by atoms with E-state index in [0.29, 0.717) is 0 Å². The molecule has 3 rings (SSSR count). The molecule has 0 saturated carbocycles. The molecule has 1 nitrogen and oxygen atoms in total. The third-order valence-corrected chi connectivity index (χ3v) is 4.07. The van der Waals surface area contributed by atoms with E-state index in [9.17, 15) is 0 Å². The number of hydrogen-bond donors (Lipinski definition) is 0. The molecule has 23 heavy (non-hydrogen) atoms. The van der Waals surface area contributed by atoms with Gasteiger partial charge in [-0.2, -0.15) is 0 Å². The summed E-state index contributed by atoms with van der Waals surface area (Å²) >= 11 is 0. The third-order valence-electron chi connectivity index (χ3n) is 4.07. The van der Waals surface area contributed by atoms with Crippen molar-refractivity contribution in [3.05, 3.63) is 100 Å². The summed E-state index contributed by atoms with van der Waals surface area (Å²) in [6, 6.07) is 25.0. The summed E-state index contributed by atoms with van der Waals surface area (Å²) in [4.78, 5) is 0. The van der Waals surface area contributed by atoms with Gasteiger partial charge in [0.15, 0.2) is 0 Å². The van der Waals surface area contributed by atoms with Crippen molar-refractivity contribution in [2.45, 2.75) is 20.3 Å². The van der Waals surface area contributed by atoms with Gasteiger partial charge < -0.3 is 5.32 Å². The molecule has 0 aliphatic rings. The molecule has 0 aromatic heterocycles. The molecule has 2 heteroatoms. The Morgan fingerprint density at radius 1 is 0.739 bits per heavy atom. The zero-order chi connectivity index (χ0) is 15.4. The van der Waals surface area contributed by atoms with E-state index < -0.39 is 0 Å². The first-order chi connectivity index (χ1) is 10.7. The fourth-order valence-corrected chi connectivity index (χ4v) is 2.63. The van der Waals surface area contributed by atoms with Crippen LogP contribution in [-0.2, 0) is 6.42 Å². The quantitative estimate of drug-likeness (QED) is 0.657. The molecule has 3 aromatic carbocycles. The molecule has 0 bridgehead atoms. The molecule has 0 aliphatic heterocycles. The van der Waals surface area contributed by atoms with Gasteiger partial charge in [0.25, 0.3) is 0 Å². The predicted octanol–water partition coefficient (Wildman–Crippen LogP) is 3.24. The maximum atomic E-state index is 4.84. The number of rotatable bonds is 4. The number of nitrogens with zero attached hydrogens (tertiary/aromatic N) is 1. The molecule has 0 aliphatic carbocycles. The molecule has 0 radical (unpaired) electrons. The second-order valence-electron chi connectivity index (χ2n) is 5.61. The standard InChI is InChI=1S/C21H20N.Na/c1-16-13-14-21(22-19-11-7-4-8-12-19)20(17(16)2)15-18-9-5-3-6-10-18;/h3-14H,15H2,1-2H3;/q-1;+1. The Morgan fingerprint density at radius 2 is 1.35 bits per heavy atom. The maximum absolute atomic E-state index is 4.84. The average Bonchev–Trinajstić information content (AvgIpc) is 2.56. The first-order valence-corrected chi connectivity index (χ1v) is 7.64. The Morgan fingerprint density at radius 3 is 2.00 bits per heavy atom. The van der Waals surface area contributed by atoms with E-state index in [1.54, 1.807) is 0 Å². The van der Waals surface area contributed by atoms with Crippen LogP contribution in [-0.4, -0.2) is 0 Å². The molecule has 0 atom stereocenters. The average molecular weight is 309 g/mol. The second kappa shape index (κ2) is 8.35. The van der Waals surface area contributed by atoms with Crippen LogP contribution in [0.3, 0.4) is 0 Å². The summed E-state index contributed by atoms with van der Waals surface area (Å²) in [6.07, 6.45) is 0.917. The van der Waals surface area contributed by atoms with Gasteiger partial charge in [0.2, 0.25) is 0 Å². The van der Waals surface area contributed by atoms with Crippen LogP contribution in [0.4, 0.5) is 11.4 Å². The smallest absolute Gasteiger partial charge is 0.658 e. The fourth-order valence-electron chi connectivity index (χ4n) is 2.63. The Hall–Kier alpha value is -1.54. The minimum Gasteiger partial charge on any atom is -0.658 e. The molecular formula is C21H20NNa. The summed E-state index contributed by atoms with van der Waals surface area (Å²) in [5.41, 5.74) is 7.35. The zero-order valence-electron chi connectivity index (χ0n) is 14.1. The normalized spacial score (nSPS) is 10.0. The number of aryl methyl sites for hydroxylation is 1. The van der Waals surface area contributed by atoms with Crippen molar-refractivity contribution in [2.24, 2.45) is 0 Å². The van der Waals surface area contributed by atoms with E-state index in [1.807, 2.05) is 30.3 Å². The minimum atomic E-state index is 0. The topological polar surface area (TPSA) is 14.1 Å². The van der Waals surface area contributed by atoms with Crippen LogP contribution in [0.15, 0.2) is 72.8 Å². The zero-order valence-corrected chi connectivity index (χ0v) is 16.1. The molecule has 0 N–H and O–H groups in total. The Kier molecular flexibility index (Phi) is 6.47. The monoisotopic (exact) mass is 309 g/mol. The van der Waals surface area contributed by atoms with Crippen LogP contribution in [0.1, 0.15) is 22.3 Å². The van der Waals surface area contributed by atoms with Crippen molar-refractivity contribution in [3.8, 4) is 0 Å². The van der Waals surface area contributed by atoms with Crippen molar-refractivity contribution in [1.82, 2.24) is 0 Å². The predicted molar refractivity (Wildman–Crippen MR) is 94.3 cm³/mol. The molecule has 0 amide bonds. The molecular weight excluding hydrogens is 289 g/mol. The Bertz CT molecular complexity index is 752. The number of hydrogen-bond acceptors (Lipinski definition) is 0. The molecule has 0 fully saturated rings. The van der Waals surface area contributed by atoms with Gasteiger partial charge in [0, 0.05) is 0 Å². The fraction of sp³-hybridized carbons (Fsp3) is 0.143. The largest absolute Gasteiger partial charge is 1.00 e. The van der Waals surface area contributed by atoms with Crippen molar-refractivity contribution in [2.75, 3.05) is 0 Å². The van der Waals surface area contributed by atoms with Gasteiger partial charge in [-0.25, -0.2) is 0 Å². The van der Waals surface area contributed by atoms with E-state index in [1.165, 1.54) is 22.3 Å². The van der Waals surface area contributed by atoms with Gasteiger partial charge in [-0.05, 0) is 37.0 Å². The van der Waals surface area contributed by atoms with Crippen molar-refractivity contribution in [1.29, 1.82) is 0 Å². The van der Waals surface area contributed by atoms with Crippen LogP contribution in [0, 0.1) is 13.8 Å². The maximum Gasteiger partial charge on any atom is 1.00 e. The summed E-state index contributed by atoms with van der Waals surface area (Å²) in [6.45, 7) is 4.35. The molecule has 0 spiro atoms. The van der Waals surface area contributed by atoms with Crippen molar-refractivity contribution < 1.29 is 29.6 Å². The summed E-state index contributed by atoms with van der Waals surface area (Å²) in [5.74, 6) is 0. The van der Waals surface area contributed by atoms with Crippen LogP contribution in [0.2, 0.25) is 0 Å². The van der Waals surface area contributed by atoms with E-state index in [-0.39, 0.29) is 29.6 Å². The molecule has 110 valence electrons. The van der Waals surface area contributed by atoms with Gasteiger partial charge in [-0.1, -0.05) is 78.4 Å². The van der Waals surface area contributed by atoms with Crippen LogP contribution >= 0.6 is 0 Å². The third kappa shape index (κ3) is 4.48. The molecule has 0 saturated heterocycles. The van der Waals surface area contributed by atoms with Crippen LogP contribution in [0.5, 0.6) is 0 Å². The Labute approximate surface area is 161 Å². The van der Waals surface area contributed by atoms with Gasteiger partial charge in [-0.15, -0.1) is 11.4 Å². The van der Waals surface area contributed by atoms with Crippen molar-refractivity contribution in [3.63, 3.8) is 0 Å².